The summed E-state index contributed by atoms with van der Waals surface area (Å²) in [5, 5.41) is 2.15. The second-order valence-electron chi connectivity index (χ2n) is 6.46. The molecule has 23 heavy (non-hydrogen) atoms. The zero-order chi connectivity index (χ0) is 16.2. The second-order valence-corrected chi connectivity index (χ2v) is 7.37. The number of amides is 1. The minimum absolute atomic E-state index is 0.184. The molecular weight excluding hydrogens is 302 g/mol. The monoisotopic (exact) mass is 323 g/mol. The summed E-state index contributed by atoms with van der Waals surface area (Å²) in [6.07, 6.45) is 3.18. The van der Waals surface area contributed by atoms with Crippen LogP contribution in [0.25, 0.3) is 5.57 Å². The Morgan fingerprint density at radius 3 is 2.87 bits per heavy atom. The number of fused-ring (bicyclic) bond motifs is 4. The number of nitrogens with zero attached hydrogens (tertiary/aromatic N) is 1. The van der Waals surface area contributed by atoms with Gasteiger partial charge in [-0.2, -0.15) is 0 Å². The highest BCUT2D eigenvalue weighted by Crippen LogP contribution is 2.54. The Bertz CT molecular complexity index is 819. The minimum Gasteiger partial charge on any atom is -0.324 e. The first-order valence-corrected chi connectivity index (χ1v) is 9.17. The van der Waals surface area contributed by atoms with Gasteiger partial charge in [0, 0.05) is 22.9 Å². The van der Waals surface area contributed by atoms with Crippen LogP contribution in [0.15, 0.2) is 41.8 Å². The summed E-state index contributed by atoms with van der Waals surface area (Å²) < 4.78 is 0. The number of rotatable bonds is 1. The molecular formula is C20H21NOS. The molecule has 118 valence electrons. The van der Waals surface area contributed by atoms with Crippen molar-refractivity contribution in [3.05, 3.63) is 63.4 Å². The van der Waals surface area contributed by atoms with Crippen LogP contribution in [-0.2, 0) is 12.1 Å². The van der Waals surface area contributed by atoms with Gasteiger partial charge in [-0.15, -0.1) is 11.3 Å². The molecule has 2 aromatic rings. The molecule has 2 aliphatic rings. The number of hydrogen-bond donors (Lipinski definition) is 0. The van der Waals surface area contributed by atoms with E-state index in [2.05, 4.69) is 55.3 Å². The molecule has 2 atom stereocenters. The zero-order valence-corrected chi connectivity index (χ0v) is 14.6. The first-order chi connectivity index (χ1) is 11.1. The van der Waals surface area contributed by atoms with Gasteiger partial charge >= 0.3 is 0 Å². The molecule has 2 aliphatic heterocycles. The number of hydrogen-bond acceptors (Lipinski definition) is 2. The lowest BCUT2D eigenvalue weighted by atomic mass is 9.73. The predicted molar refractivity (Wildman–Crippen MR) is 95.4 cm³/mol. The summed E-state index contributed by atoms with van der Waals surface area (Å²) >= 11 is 1.80. The third-order valence-corrected chi connectivity index (χ3v) is 6.73. The SMILES string of the molecule is C/C=C1/c2sccc2CN2C(=O)c3ccccc3[C@]2(CC)[C@@H]1C. The number of thiophene rings is 1. The fourth-order valence-corrected chi connectivity index (χ4v) is 5.69. The van der Waals surface area contributed by atoms with E-state index in [4.69, 9.17) is 0 Å². The molecule has 0 unspecified atom stereocenters. The Kier molecular flexibility index (Phi) is 3.24. The van der Waals surface area contributed by atoms with Crippen molar-refractivity contribution in [2.45, 2.75) is 39.3 Å². The lowest BCUT2D eigenvalue weighted by Crippen LogP contribution is -2.46. The van der Waals surface area contributed by atoms with Crippen LogP contribution in [0, 0.1) is 5.92 Å². The molecule has 1 amide bonds. The standard InChI is InChI=1S/C20H21NOS/c1-4-15-13(3)20(5-2)17-9-7-6-8-16(17)19(22)21(20)12-14-10-11-23-18(14)15/h4,6-11,13H,5,12H2,1-3H3/b15-4+/t13-,20+/m1/s1. The molecule has 4 rings (SSSR count). The fourth-order valence-electron chi connectivity index (χ4n) is 4.61. The number of allylic oxidation sites excluding steroid dienone is 1. The lowest BCUT2D eigenvalue weighted by molar-refractivity contribution is 0.0412. The predicted octanol–water partition coefficient (Wildman–Crippen LogP) is 5.06. The average molecular weight is 323 g/mol. The Morgan fingerprint density at radius 1 is 1.35 bits per heavy atom. The van der Waals surface area contributed by atoms with Crippen molar-refractivity contribution in [3.8, 4) is 0 Å². The second kappa shape index (κ2) is 5.07. The van der Waals surface area contributed by atoms with Crippen LogP contribution in [0.5, 0.6) is 0 Å². The normalized spacial score (nSPS) is 27.6. The summed E-state index contributed by atoms with van der Waals surface area (Å²) in [5.74, 6) is 0.466. The molecule has 0 bridgehead atoms. The molecule has 0 radical (unpaired) electrons. The van der Waals surface area contributed by atoms with Gasteiger partial charge in [0.2, 0.25) is 0 Å². The largest absolute Gasteiger partial charge is 0.324 e. The van der Waals surface area contributed by atoms with Gasteiger partial charge in [-0.1, -0.05) is 38.1 Å². The molecule has 0 N–H and O–H groups in total. The maximum Gasteiger partial charge on any atom is 0.255 e. The maximum atomic E-state index is 13.1. The zero-order valence-electron chi connectivity index (χ0n) is 13.8. The molecule has 0 saturated heterocycles. The van der Waals surface area contributed by atoms with Crippen molar-refractivity contribution in [1.29, 1.82) is 0 Å². The number of benzene rings is 1. The van der Waals surface area contributed by atoms with Gasteiger partial charge in [0.05, 0.1) is 5.54 Å². The maximum absolute atomic E-state index is 13.1. The van der Waals surface area contributed by atoms with E-state index in [0.717, 1.165) is 12.0 Å². The van der Waals surface area contributed by atoms with E-state index in [9.17, 15) is 4.79 Å². The van der Waals surface area contributed by atoms with Crippen molar-refractivity contribution in [2.75, 3.05) is 0 Å². The van der Waals surface area contributed by atoms with Gasteiger partial charge in [0.25, 0.3) is 5.91 Å². The van der Waals surface area contributed by atoms with Crippen molar-refractivity contribution >= 4 is 22.8 Å². The van der Waals surface area contributed by atoms with Gasteiger partial charge in [0.1, 0.15) is 0 Å². The molecule has 0 spiro atoms. The molecule has 0 aliphatic carbocycles. The van der Waals surface area contributed by atoms with E-state index in [-0.39, 0.29) is 17.4 Å². The van der Waals surface area contributed by atoms with E-state index in [1.807, 2.05) is 12.1 Å². The van der Waals surface area contributed by atoms with Crippen molar-refractivity contribution in [1.82, 2.24) is 4.90 Å². The lowest BCUT2D eigenvalue weighted by Gasteiger charge is -2.42. The van der Waals surface area contributed by atoms with Gasteiger partial charge in [0.15, 0.2) is 0 Å². The molecule has 1 aromatic heterocycles. The van der Waals surface area contributed by atoms with Crippen molar-refractivity contribution in [3.63, 3.8) is 0 Å². The first-order valence-electron chi connectivity index (χ1n) is 8.29. The summed E-state index contributed by atoms with van der Waals surface area (Å²) in [7, 11) is 0. The molecule has 0 fully saturated rings. The van der Waals surface area contributed by atoms with E-state index in [1.165, 1.54) is 21.6 Å². The molecule has 3 heteroatoms. The summed E-state index contributed by atoms with van der Waals surface area (Å²) in [4.78, 5) is 16.6. The van der Waals surface area contributed by atoms with Gasteiger partial charge in [-0.3, -0.25) is 4.79 Å². The highest BCUT2D eigenvalue weighted by molar-refractivity contribution is 7.11. The topological polar surface area (TPSA) is 20.3 Å². The minimum atomic E-state index is -0.228. The van der Waals surface area contributed by atoms with Crippen molar-refractivity contribution in [2.24, 2.45) is 5.92 Å². The molecule has 1 aromatic carbocycles. The Balaban J connectivity index is 2.02. The first kappa shape index (κ1) is 14.7. The third-order valence-electron chi connectivity index (χ3n) is 5.72. The van der Waals surface area contributed by atoms with Crippen LogP contribution in [-0.4, -0.2) is 10.8 Å². The van der Waals surface area contributed by atoms with Gasteiger partial charge in [-0.05, 0) is 47.6 Å². The van der Waals surface area contributed by atoms with Crippen LogP contribution < -0.4 is 0 Å². The van der Waals surface area contributed by atoms with Crippen LogP contribution in [0.3, 0.4) is 0 Å². The Hall–Kier alpha value is -1.87. The average Bonchev–Trinajstić information content (AvgIpc) is 3.09. The van der Waals surface area contributed by atoms with Crippen LogP contribution in [0.1, 0.15) is 53.6 Å². The number of carbonyl (C=O) groups excluding carboxylic acids is 1. The van der Waals surface area contributed by atoms with E-state index in [1.54, 1.807) is 11.3 Å². The van der Waals surface area contributed by atoms with Gasteiger partial charge < -0.3 is 4.90 Å². The van der Waals surface area contributed by atoms with E-state index in [0.29, 0.717) is 6.54 Å². The Morgan fingerprint density at radius 2 is 2.13 bits per heavy atom. The van der Waals surface area contributed by atoms with Gasteiger partial charge in [-0.25, -0.2) is 0 Å². The molecule has 0 saturated carbocycles. The van der Waals surface area contributed by atoms with E-state index < -0.39 is 0 Å². The smallest absolute Gasteiger partial charge is 0.255 e. The summed E-state index contributed by atoms with van der Waals surface area (Å²) in [6, 6.07) is 10.4. The molecule has 3 heterocycles. The van der Waals surface area contributed by atoms with Crippen LogP contribution in [0.4, 0.5) is 0 Å². The summed E-state index contributed by atoms with van der Waals surface area (Å²) in [6.45, 7) is 7.33. The van der Waals surface area contributed by atoms with Crippen molar-refractivity contribution < 1.29 is 4.79 Å². The quantitative estimate of drug-likeness (QED) is 0.718. The Labute approximate surface area is 141 Å². The highest BCUT2D eigenvalue weighted by Gasteiger charge is 2.53. The van der Waals surface area contributed by atoms with E-state index >= 15 is 0 Å². The highest BCUT2D eigenvalue weighted by atomic mass is 32.1. The van der Waals surface area contributed by atoms with Crippen LogP contribution in [0.2, 0.25) is 0 Å². The molecule has 2 nitrogen and oxygen atoms in total. The summed E-state index contributed by atoms with van der Waals surface area (Å²) in [5.41, 5.74) is 4.52. The number of carbonyl (C=O) groups is 1. The third kappa shape index (κ3) is 1.71. The fraction of sp³-hybridized carbons (Fsp3) is 0.350. The van der Waals surface area contributed by atoms with Crippen LogP contribution >= 0.6 is 11.3 Å².